The van der Waals surface area contributed by atoms with E-state index in [4.69, 9.17) is 4.42 Å². The van der Waals surface area contributed by atoms with Crippen LogP contribution in [-0.4, -0.2) is 0 Å². The first-order valence-corrected chi connectivity index (χ1v) is 14.6. The van der Waals surface area contributed by atoms with E-state index in [0.29, 0.717) is 0 Å². The van der Waals surface area contributed by atoms with Gasteiger partial charge in [-0.15, -0.1) is 0 Å². The predicted molar refractivity (Wildman–Crippen MR) is 162 cm³/mol. The Balaban J connectivity index is 1.53. The third-order valence-corrected chi connectivity index (χ3v) is 9.51. The van der Waals surface area contributed by atoms with Gasteiger partial charge in [0.05, 0.1) is 5.56 Å². The zero-order valence-corrected chi connectivity index (χ0v) is 24.2. The normalized spacial score (nSPS) is 19.5. The summed E-state index contributed by atoms with van der Waals surface area (Å²) in [6.45, 7) is 11.7. The van der Waals surface area contributed by atoms with Crippen molar-refractivity contribution >= 4 is 21.9 Å². The molecule has 7 rings (SSSR count). The van der Waals surface area contributed by atoms with Crippen molar-refractivity contribution < 1.29 is 10.4 Å². The molecular formula is C37H40NO+. The maximum atomic E-state index is 9.65. The minimum atomic E-state index is -0.508. The van der Waals surface area contributed by atoms with Crippen molar-refractivity contribution in [1.29, 1.82) is 0 Å². The lowest BCUT2D eigenvalue weighted by atomic mass is 9.78. The summed E-state index contributed by atoms with van der Waals surface area (Å²) < 4.78 is 18.7. The molecule has 0 bridgehead atoms. The number of fused-ring (bicyclic) bond motifs is 4. The Morgan fingerprint density at radius 3 is 2.41 bits per heavy atom. The molecule has 0 atom stereocenters. The quantitative estimate of drug-likeness (QED) is 0.219. The third kappa shape index (κ3) is 3.71. The summed E-state index contributed by atoms with van der Waals surface area (Å²) in [6, 6.07) is 22.1. The Bertz CT molecular complexity index is 1820. The van der Waals surface area contributed by atoms with E-state index < -0.39 is 5.89 Å². The van der Waals surface area contributed by atoms with Crippen LogP contribution in [0.1, 0.15) is 89.3 Å². The van der Waals surface area contributed by atoms with E-state index in [1.807, 2.05) is 0 Å². The lowest BCUT2D eigenvalue weighted by Gasteiger charge is -2.26. The molecule has 198 valence electrons. The van der Waals surface area contributed by atoms with Crippen LogP contribution in [0, 0.1) is 6.92 Å². The lowest BCUT2D eigenvalue weighted by Crippen LogP contribution is -2.30. The number of pyridine rings is 1. The smallest absolute Gasteiger partial charge is 0.216 e. The molecule has 39 heavy (non-hydrogen) atoms. The molecule has 0 unspecified atom stereocenters. The summed E-state index contributed by atoms with van der Waals surface area (Å²) in [7, 11) is 2.09. The minimum absolute atomic E-state index is 0.0619. The first kappa shape index (κ1) is 23.5. The zero-order chi connectivity index (χ0) is 28.0. The van der Waals surface area contributed by atoms with Crippen LogP contribution in [0.4, 0.5) is 0 Å². The standard InChI is InChI=1S/C37H40NO/c1-23-17-18-28-27-15-11-14-26(34(27)39-35(28)32(23)31-16-9-10-19-38(31)6)25-20-29(24-12-7-8-13-24)33-30(21-25)36(2,3)22-37(33,4)5/h9-11,14-21,24H,7-8,12-13,22H2,1-6H3/q+1/i24D. The van der Waals surface area contributed by atoms with Gasteiger partial charge in [-0.05, 0) is 76.8 Å². The van der Waals surface area contributed by atoms with Crippen LogP contribution in [0.5, 0.6) is 0 Å². The summed E-state index contributed by atoms with van der Waals surface area (Å²) >= 11 is 0. The number of nitrogens with zero attached hydrogens (tertiary/aromatic N) is 1. The van der Waals surface area contributed by atoms with Gasteiger partial charge in [-0.25, -0.2) is 4.57 Å². The summed E-state index contributed by atoms with van der Waals surface area (Å²) in [4.78, 5) is 0. The van der Waals surface area contributed by atoms with Gasteiger partial charge in [0.25, 0.3) is 0 Å². The van der Waals surface area contributed by atoms with Gasteiger partial charge in [0.15, 0.2) is 6.20 Å². The summed E-state index contributed by atoms with van der Waals surface area (Å²) in [5.74, 6) is -0.508. The number of benzene rings is 3. The number of hydrogen-bond donors (Lipinski definition) is 0. The van der Waals surface area contributed by atoms with Gasteiger partial charge in [0, 0.05) is 29.8 Å². The molecule has 0 amide bonds. The Kier molecular flexibility index (Phi) is 5.15. The Morgan fingerprint density at radius 2 is 1.64 bits per heavy atom. The van der Waals surface area contributed by atoms with Gasteiger partial charge >= 0.3 is 0 Å². The first-order chi connectivity index (χ1) is 19.0. The number of para-hydroxylation sites is 1. The number of rotatable bonds is 3. The number of hydrogen-bond acceptors (Lipinski definition) is 1. The Hall–Kier alpha value is -3.39. The van der Waals surface area contributed by atoms with Crippen LogP contribution < -0.4 is 4.57 Å². The first-order valence-electron chi connectivity index (χ1n) is 15.1. The maximum absolute atomic E-state index is 9.65. The van der Waals surface area contributed by atoms with Crippen molar-refractivity contribution in [2.75, 3.05) is 0 Å². The van der Waals surface area contributed by atoms with Gasteiger partial charge in [0.1, 0.15) is 18.2 Å². The molecule has 2 aromatic heterocycles. The predicted octanol–water partition coefficient (Wildman–Crippen LogP) is 9.67. The molecule has 1 saturated carbocycles. The molecule has 0 aliphatic heterocycles. The van der Waals surface area contributed by atoms with E-state index in [9.17, 15) is 1.37 Å². The van der Waals surface area contributed by atoms with Crippen LogP contribution in [0.15, 0.2) is 71.3 Å². The van der Waals surface area contributed by atoms with E-state index >= 15 is 0 Å². The molecule has 1 fully saturated rings. The van der Waals surface area contributed by atoms with Crippen molar-refractivity contribution in [1.82, 2.24) is 0 Å². The minimum Gasteiger partial charge on any atom is -0.454 e. The van der Waals surface area contributed by atoms with Crippen molar-refractivity contribution in [3.8, 4) is 22.4 Å². The molecule has 0 spiro atoms. The van der Waals surface area contributed by atoms with E-state index in [1.165, 1.54) is 27.8 Å². The highest BCUT2D eigenvalue weighted by atomic mass is 16.3. The fourth-order valence-electron chi connectivity index (χ4n) is 7.99. The third-order valence-electron chi connectivity index (χ3n) is 9.51. The van der Waals surface area contributed by atoms with Gasteiger partial charge in [-0.1, -0.05) is 83.0 Å². The molecule has 2 nitrogen and oxygen atoms in total. The van der Waals surface area contributed by atoms with E-state index in [0.717, 1.165) is 70.9 Å². The van der Waals surface area contributed by atoms with Crippen molar-refractivity contribution in [3.05, 3.63) is 89.1 Å². The summed E-state index contributed by atoms with van der Waals surface area (Å²) in [6.07, 6.45) is 7.38. The molecule has 2 heteroatoms. The zero-order valence-electron chi connectivity index (χ0n) is 25.2. The molecule has 3 aromatic carbocycles. The van der Waals surface area contributed by atoms with Crippen LogP contribution in [0.3, 0.4) is 0 Å². The van der Waals surface area contributed by atoms with Gasteiger partial charge in [0.2, 0.25) is 5.69 Å². The molecule has 2 aliphatic rings. The maximum Gasteiger partial charge on any atom is 0.216 e. The second kappa shape index (κ2) is 8.55. The van der Waals surface area contributed by atoms with E-state index in [1.54, 1.807) is 0 Å². The number of aryl methyl sites for hydroxylation is 2. The fourth-order valence-corrected chi connectivity index (χ4v) is 7.99. The van der Waals surface area contributed by atoms with E-state index in [-0.39, 0.29) is 10.8 Å². The van der Waals surface area contributed by atoms with E-state index in [2.05, 4.69) is 113 Å². The second-order valence-electron chi connectivity index (χ2n) is 13.3. The molecular weight excluding hydrogens is 474 g/mol. The topological polar surface area (TPSA) is 17.0 Å². The summed E-state index contributed by atoms with van der Waals surface area (Å²) in [5.41, 5.74) is 11.9. The summed E-state index contributed by atoms with van der Waals surface area (Å²) in [5, 5.41) is 2.30. The monoisotopic (exact) mass is 515 g/mol. The molecule has 2 heterocycles. The fraction of sp³-hybridized carbons (Fsp3) is 0.378. The molecule has 2 aliphatic carbocycles. The average molecular weight is 516 g/mol. The number of furan rings is 1. The lowest BCUT2D eigenvalue weighted by molar-refractivity contribution is -0.660. The van der Waals surface area contributed by atoms with Crippen LogP contribution in [-0.2, 0) is 17.9 Å². The molecule has 0 radical (unpaired) electrons. The largest absolute Gasteiger partial charge is 0.454 e. The number of aromatic nitrogens is 1. The molecule has 0 N–H and O–H groups in total. The van der Waals surface area contributed by atoms with Gasteiger partial charge in [-0.2, -0.15) is 0 Å². The van der Waals surface area contributed by atoms with Crippen LogP contribution >= 0.6 is 0 Å². The SMILES string of the molecule is [2H]C1(c2cc(-c3cccc4c3oc3c(-c5cccc[n+]5C)c(C)ccc34)cc3c2C(C)(C)CC3(C)C)CCCC1. The molecule has 0 saturated heterocycles. The van der Waals surface area contributed by atoms with Gasteiger partial charge in [-0.3, -0.25) is 0 Å². The highest BCUT2D eigenvalue weighted by molar-refractivity contribution is 6.13. The highest BCUT2D eigenvalue weighted by Crippen LogP contribution is 2.55. The Morgan fingerprint density at radius 1 is 0.872 bits per heavy atom. The molecule has 5 aromatic rings. The Labute approximate surface area is 234 Å². The van der Waals surface area contributed by atoms with Crippen molar-refractivity contribution in [2.24, 2.45) is 7.05 Å². The van der Waals surface area contributed by atoms with Crippen LogP contribution in [0.2, 0.25) is 0 Å². The second-order valence-corrected chi connectivity index (χ2v) is 13.3. The van der Waals surface area contributed by atoms with Gasteiger partial charge < -0.3 is 4.42 Å². The highest BCUT2D eigenvalue weighted by Gasteiger charge is 2.44. The van der Waals surface area contributed by atoms with Crippen molar-refractivity contribution in [2.45, 2.75) is 83.4 Å². The average Bonchev–Trinajstić information content (AvgIpc) is 3.57. The van der Waals surface area contributed by atoms with Crippen molar-refractivity contribution in [3.63, 3.8) is 0 Å². The van der Waals surface area contributed by atoms with Crippen LogP contribution in [0.25, 0.3) is 44.3 Å².